The van der Waals surface area contributed by atoms with Crippen molar-refractivity contribution < 1.29 is 29.3 Å². The van der Waals surface area contributed by atoms with Gasteiger partial charge in [-0.05, 0) is 78.0 Å². The Morgan fingerprint density at radius 2 is 1.96 bits per heavy atom. The van der Waals surface area contributed by atoms with E-state index in [1.807, 2.05) is 48.5 Å². The standard InChI is InChI=1S/C34H41BrN4O6/c1-5-32-11-8-13-39-14-12-33(28(32)39)21-16-22(35)26(44-3)17-25(21)38(2)29(33)34(43,30(32)41)31(42)37-24(27(40)45-4)15-19-18-36-23-10-7-6-9-20(19)23/h6-7,9-10,16-18,24,28-30,36,41,43H,5,8,11-15H2,1-4H3,(H,37,42)/t24-,28+,29-,30+,32-,33-,34-/m0/s1. The molecular weight excluding hydrogens is 640 g/mol. The molecule has 3 aromatic rings. The molecule has 45 heavy (non-hydrogen) atoms. The summed E-state index contributed by atoms with van der Waals surface area (Å²) in [4.78, 5) is 35.6. The van der Waals surface area contributed by atoms with Gasteiger partial charge in [0, 0.05) is 59.2 Å². The molecule has 4 aliphatic rings. The average molecular weight is 682 g/mol. The molecule has 0 radical (unpaired) electrons. The van der Waals surface area contributed by atoms with E-state index in [2.05, 4.69) is 44.1 Å². The third-order valence-corrected chi connectivity index (χ3v) is 12.2. The Kier molecular flexibility index (Phi) is 7.27. The molecule has 1 amide bonds. The van der Waals surface area contributed by atoms with Gasteiger partial charge in [0.15, 0.2) is 5.60 Å². The van der Waals surface area contributed by atoms with Crippen LogP contribution in [0.25, 0.3) is 10.9 Å². The molecule has 2 aromatic carbocycles. The van der Waals surface area contributed by atoms with Crippen LogP contribution in [0, 0.1) is 5.41 Å². The van der Waals surface area contributed by atoms with E-state index < -0.39 is 46.5 Å². The molecule has 3 aliphatic heterocycles. The molecule has 10 nitrogen and oxygen atoms in total. The van der Waals surface area contributed by atoms with Gasteiger partial charge in [0.25, 0.3) is 5.91 Å². The van der Waals surface area contributed by atoms with Crippen molar-refractivity contribution in [3.8, 4) is 5.75 Å². The predicted molar refractivity (Wildman–Crippen MR) is 173 cm³/mol. The number of likely N-dealkylation sites (N-methyl/N-ethyl adjacent to an activating group) is 1. The van der Waals surface area contributed by atoms with Gasteiger partial charge in [-0.2, -0.15) is 0 Å². The minimum absolute atomic E-state index is 0.0801. The maximum absolute atomic E-state index is 14.8. The van der Waals surface area contributed by atoms with Gasteiger partial charge in [0.1, 0.15) is 17.9 Å². The lowest BCUT2D eigenvalue weighted by atomic mass is 9.46. The fourth-order valence-electron chi connectivity index (χ4n) is 9.85. The van der Waals surface area contributed by atoms with Gasteiger partial charge in [0.2, 0.25) is 0 Å². The number of hydrogen-bond donors (Lipinski definition) is 4. The number of rotatable bonds is 7. The molecule has 240 valence electrons. The highest BCUT2D eigenvalue weighted by Crippen LogP contribution is 2.68. The molecule has 0 bridgehead atoms. The molecule has 1 aliphatic carbocycles. The third-order valence-electron chi connectivity index (χ3n) is 11.6. The van der Waals surface area contributed by atoms with Crippen LogP contribution in [0.3, 0.4) is 0 Å². The third kappa shape index (κ3) is 3.96. The molecule has 2 saturated heterocycles. The lowest BCUT2D eigenvalue weighted by molar-refractivity contribution is -0.222. The lowest BCUT2D eigenvalue weighted by Crippen LogP contribution is -2.82. The second-order valence-corrected chi connectivity index (χ2v) is 14.1. The number of carbonyl (C=O) groups excluding carboxylic acids is 2. The molecule has 1 saturated carbocycles. The number of H-pyrrole nitrogens is 1. The highest BCUT2D eigenvalue weighted by Gasteiger charge is 2.79. The summed E-state index contributed by atoms with van der Waals surface area (Å²) in [7, 11) is 4.78. The van der Waals surface area contributed by atoms with Crippen molar-refractivity contribution in [1.29, 1.82) is 0 Å². The lowest BCUT2D eigenvalue weighted by Gasteiger charge is -2.65. The van der Waals surface area contributed by atoms with E-state index in [0.29, 0.717) is 18.6 Å². The zero-order valence-corrected chi connectivity index (χ0v) is 27.7. The first-order valence-electron chi connectivity index (χ1n) is 15.8. The van der Waals surface area contributed by atoms with Crippen molar-refractivity contribution >= 4 is 44.4 Å². The van der Waals surface area contributed by atoms with E-state index in [4.69, 9.17) is 9.47 Å². The number of aliphatic hydroxyl groups is 2. The maximum Gasteiger partial charge on any atom is 0.328 e. The number of aromatic amines is 1. The minimum atomic E-state index is -2.25. The first kappa shape index (κ1) is 30.5. The molecule has 1 aromatic heterocycles. The van der Waals surface area contributed by atoms with Crippen LogP contribution in [0.5, 0.6) is 5.75 Å². The smallest absolute Gasteiger partial charge is 0.328 e. The van der Waals surface area contributed by atoms with E-state index in [0.717, 1.165) is 58.1 Å². The number of nitrogens with zero attached hydrogens (tertiary/aromatic N) is 2. The van der Waals surface area contributed by atoms with Crippen molar-refractivity contribution in [2.45, 2.75) is 74.3 Å². The van der Waals surface area contributed by atoms with Crippen LogP contribution < -0.4 is 15.0 Å². The first-order chi connectivity index (χ1) is 21.6. The van der Waals surface area contributed by atoms with Gasteiger partial charge in [-0.15, -0.1) is 0 Å². The second-order valence-electron chi connectivity index (χ2n) is 13.3. The van der Waals surface area contributed by atoms with E-state index >= 15 is 0 Å². The first-order valence-corrected chi connectivity index (χ1v) is 16.6. The maximum atomic E-state index is 14.8. The molecule has 0 unspecified atom stereocenters. The van der Waals surface area contributed by atoms with E-state index in [9.17, 15) is 19.8 Å². The van der Waals surface area contributed by atoms with Gasteiger partial charge in [-0.3, -0.25) is 9.69 Å². The second kappa shape index (κ2) is 10.7. The van der Waals surface area contributed by atoms with Gasteiger partial charge >= 0.3 is 5.97 Å². The van der Waals surface area contributed by atoms with Crippen LogP contribution in [0.15, 0.2) is 47.1 Å². The van der Waals surface area contributed by atoms with Crippen molar-refractivity contribution in [1.82, 2.24) is 15.2 Å². The van der Waals surface area contributed by atoms with Crippen molar-refractivity contribution in [3.05, 3.63) is 58.2 Å². The summed E-state index contributed by atoms with van der Waals surface area (Å²) in [6, 6.07) is 9.81. The predicted octanol–water partition coefficient (Wildman–Crippen LogP) is 3.27. The average Bonchev–Trinajstić information content (AvgIpc) is 3.72. The number of halogens is 1. The number of anilines is 1. The Labute approximate surface area is 271 Å². The summed E-state index contributed by atoms with van der Waals surface area (Å²) in [5.41, 5.74) is -0.00353. The Balaban J connectivity index is 1.36. The number of para-hydroxylation sites is 1. The van der Waals surface area contributed by atoms with Crippen LogP contribution in [0.4, 0.5) is 5.69 Å². The summed E-state index contributed by atoms with van der Waals surface area (Å²) in [5.74, 6) is -0.744. The summed E-state index contributed by atoms with van der Waals surface area (Å²) in [5, 5.41) is 29.4. The number of amides is 1. The van der Waals surface area contributed by atoms with Gasteiger partial charge in [-0.25, -0.2) is 4.79 Å². The van der Waals surface area contributed by atoms with E-state index in [-0.39, 0.29) is 12.5 Å². The number of aliphatic hydroxyl groups excluding tert-OH is 1. The normalized spacial score (nSPS) is 32.5. The van der Waals surface area contributed by atoms with Gasteiger partial charge in [-0.1, -0.05) is 25.1 Å². The number of hydrogen-bond acceptors (Lipinski definition) is 8. The molecule has 4 N–H and O–H groups in total. The molecular formula is C34H41BrN4O6. The van der Waals surface area contributed by atoms with Crippen LogP contribution >= 0.6 is 15.9 Å². The Bertz CT molecular complexity index is 1680. The van der Waals surface area contributed by atoms with Gasteiger partial charge in [0.05, 0.1) is 24.7 Å². The number of benzene rings is 2. The highest BCUT2D eigenvalue weighted by molar-refractivity contribution is 9.10. The van der Waals surface area contributed by atoms with E-state index in [1.165, 1.54) is 7.11 Å². The summed E-state index contributed by atoms with van der Waals surface area (Å²) in [6.45, 7) is 3.76. The van der Waals surface area contributed by atoms with Crippen molar-refractivity contribution in [2.24, 2.45) is 5.41 Å². The number of esters is 1. The Hall–Kier alpha value is -3.12. The Morgan fingerprint density at radius 3 is 2.69 bits per heavy atom. The molecule has 7 atom stereocenters. The molecule has 7 rings (SSSR count). The number of fused-ring (bicyclic) bond motifs is 2. The number of piperidine rings is 1. The number of ether oxygens (including phenoxy) is 2. The van der Waals surface area contributed by atoms with Gasteiger partial charge < -0.3 is 34.9 Å². The molecule has 1 spiro atoms. The van der Waals surface area contributed by atoms with Crippen LogP contribution in [-0.2, 0) is 26.2 Å². The van der Waals surface area contributed by atoms with Crippen molar-refractivity contribution in [2.75, 3.05) is 39.3 Å². The highest BCUT2D eigenvalue weighted by atomic mass is 79.9. The summed E-state index contributed by atoms with van der Waals surface area (Å²) in [6.07, 6.45) is 3.45. The zero-order chi connectivity index (χ0) is 31.9. The summed E-state index contributed by atoms with van der Waals surface area (Å²) >= 11 is 3.70. The number of carbonyl (C=O) groups is 2. The van der Waals surface area contributed by atoms with Crippen molar-refractivity contribution in [3.63, 3.8) is 0 Å². The van der Waals surface area contributed by atoms with Crippen LogP contribution in [0.1, 0.15) is 43.7 Å². The zero-order valence-electron chi connectivity index (χ0n) is 26.1. The largest absolute Gasteiger partial charge is 0.495 e. The fourth-order valence-corrected chi connectivity index (χ4v) is 10.4. The topological polar surface area (TPSA) is 127 Å². The van der Waals surface area contributed by atoms with Crippen LogP contribution in [-0.4, -0.2) is 96.2 Å². The summed E-state index contributed by atoms with van der Waals surface area (Å²) < 4.78 is 11.6. The number of aromatic nitrogens is 1. The number of nitrogens with one attached hydrogen (secondary N) is 2. The minimum Gasteiger partial charge on any atom is -0.495 e. The fraction of sp³-hybridized carbons (Fsp3) is 0.529. The Morgan fingerprint density at radius 1 is 1.18 bits per heavy atom. The van der Waals surface area contributed by atoms with Crippen LogP contribution in [0.2, 0.25) is 0 Å². The monoisotopic (exact) mass is 680 g/mol. The molecule has 3 fully saturated rings. The van der Waals surface area contributed by atoms with E-state index in [1.54, 1.807) is 7.11 Å². The SMILES string of the molecule is CC[C@@]12CCCN3CC[C@]4(c5cc(Br)c(OC)cc5N(C)[C@@H]4[C@@](O)(C(=O)N[C@@H](Cc4c[nH]c5ccccc45)C(=O)OC)[C@@H]1O)[C@H]32. The number of methoxy groups -OCH3 is 2. The molecule has 11 heteroatoms. The molecule has 4 heterocycles. The quantitative estimate of drug-likeness (QED) is 0.280.